The Morgan fingerprint density at radius 2 is 1.82 bits per heavy atom. The van der Waals surface area contributed by atoms with E-state index in [4.69, 9.17) is 5.11 Å². The van der Waals surface area contributed by atoms with E-state index in [2.05, 4.69) is 0 Å². The Bertz CT molecular complexity index is 752. The summed E-state index contributed by atoms with van der Waals surface area (Å²) >= 11 is 0. The molecule has 1 aromatic carbocycles. The fourth-order valence-corrected chi connectivity index (χ4v) is 4.30. The number of benzene rings is 1. The molecule has 0 unspecified atom stereocenters. The van der Waals surface area contributed by atoms with E-state index in [1.165, 1.54) is 24.3 Å². The first-order chi connectivity index (χ1) is 9.93. The van der Waals surface area contributed by atoms with Crippen LogP contribution in [0.5, 0.6) is 0 Å². The van der Waals surface area contributed by atoms with Crippen molar-refractivity contribution in [2.75, 3.05) is 12.8 Å². The number of carbonyl (C=O) groups is 1. The lowest BCUT2D eigenvalue weighted by molar-refractivity contribution is -0.137. The van der Waals surface area contributed by atoms with Crippen LogP contribution in [-0.4, -0.2) is 51.1 Å². The molecule has 0 bridgehead atoms. The number of aliphatic carboxylic acids is 1. The third-order valence-electron chi connectivity index (χ3n) is 2.90. The van der Waals surface area contributed by atoms with Gasteiger partial charge in [-0.3, -0.25) is 4.79 Å². The average molecular weight is 349 g/mol. The Hall–Kier alpha value is -1.45. The lowest BCUT2D eigenvalue weighted by Crippen LogP contribution is -2.41. The van der Waals surface area contributed by atoms with Gasteiger partial charge in [0.2, 0.25) is 10.0 Å². The number of carboxylic acid groups (broad SMARTS) is 1. The van der Waals surface area contributed by atoms with Crippen molar-refractivity contribution in [3.8, 4) is 0 Å². The third-order valence-corrected chi connectivity index (χ3v) is 5.97. The van der Waals surface area contributed by atoms with Gasteiger partial charge in [-0.25, -0.2) is 16.8 Å². The van der Waals surface area contributed by atoms with Gasteiger partial charge in [0.05, 0.1) is 10.6 Å². The van der Waals surface area contributed by atoms with Gasteiger partial charge in [-0.1, -0.05) is 12.1 Å². The van der Waals surface area contributed by atoms with Gasteiger partial charge in [0.1, 0.15) is 6.54 Å². The van der Waals surface area contributed by atoms with Crippen LogP contribution >= 0.6 is 0 Å². The molecule has 0 saturated carbocycles. The molecule has 0 radical (unpaired) electrons. The van der Waals surface area contributed by atoms with Gasteiger partial charge in [0.25, 0.3) is 0 Å². The van der Waals surface area contributed by atoms with E-state index in [1.807, 2.05) is 0 Å². The van der Waals surface area contributed by atoms with Crippen LogP contribution in [0.25, 0.3) is 0 Å². The topological polar surface area (TPSA) is 109 Å². The monoisotopic (exact) mass is 349 g/mol. The maximum atomic E-state index is 12.4. The molecule has 0 heterocycles. The van der Waals surface area contributed by atoms with Crippen LogP contribution in [0.1, 0.15) is 19.4 Å². The van der Waals surface area contributed by atoms with Gasteiger partial charge in [-0.2, -0.15) is 4.31 Å². The molecule has 1 rings (SSSR count). The molecule has 0 aromatic heterocycles. The normalized spacial score (nSPS) is 12.8. The van der Waals surface area contributed by atoms with Gasteiger partial charge < -0.3 is 5.11 Å². The molecule has 0 aliphatic carbocycles. The third kappa shape index (κ3) is 5.08. The standard InChI is InChI=1S/C13H19NO6S2/c1-10(2)14(8-13(15)16)22(19,20)9-11-5-4-6-12(7-11)21(3,17)18/h4-7,10H,8-9H2,1-3H3,(H,15,16). The molecule has 124 valence electrons. The van der Waals surface area contributed by atoms with Gasteiger partial charge in [0.15, 0.2) is 9.84 Å². The van der Waals surface area contributed by atoms with E-state index in [-0.39, 0.29) is 4.90 Å². The van der Waals surface area contributed by atoms with E-state index in [0.717, 1.165) is 10.6 Å². The van der Waals surface area contributed by atoms with Gasteiger partial charge in [0, 0.05) is 12.3 Å². The number of sulfone groups is 1. The van der Waals surface area contributed by atoms with Crippen molar-refractivity contribution in [1.29, 1.82) is 0 Å². The molecule has 0 fully saturated rings. The van der Waals surface area contributed by atoms with Crippen LogP contribution in [0, 0.1) is 0 Å². The van der Waals surface area contributed by atoms with Crippen molar-refractivity contribution < 1.29 is 26.7 Å². The van der Waals surface area contributed by atoms with Gasteiger partial charge >= 0.3 is 5.97 Å². The largest absolute Gasteiger partial charge is 0.480 e. The lowest BCUT2D eigenvalue weighted by Gasteiger charge is -2.24. The maximum absolute atomic E-state index is 12.4. The van der Waals surface area contributed by atoms with E-state index in [9.17, 15) is 21.6 Å². The molecule has 1 aromatic rings. The van der Waals surface area contributed by atoms with Crippen LogP contribution < -0.4 is 0 Å². The van der Waals surface area contributed by atoms with Crippen molar-refractivity contribution in [3.05, 3.63) is 29.8 Å². The minimum absolute atomic E-state index is 0.0227. The maximum Gasteiger partial charge on any atom is 0.318 e. The summed E-state index contributed by atoms with van der Waals surface area (Å²) in [6.07, 6.45) is 1.03. The fourth-order valence-electron chi connectivity index (χ4n) is 1.89. The molecule has 0 saturated heterocycles. The zero-order valence-electron chi connectivity index (χ0n) is 12.6. The highest BCUT2D eigenvalue weighted by Crippen LogP contribution is 2.17. The molecular formula is C13H19NO6S2. The smallest absolute Gasteiger partial charge is 0.318 e. The summed E-state index contributed by atoms with van der Waals surface area (Å²) in [5, 5.41) is 8.83. The minimum Gasteiger partial charge on any atom is -0.480 e. The molecule has 0 amide bonds. The van der Waals surface area contributed by atoms with Crippen molar-refractivity contribution in [1.82, 2.24) is 4.31 Å². The zero-order valence-corrected chi connectivity index (χ0v) is 14.2. The van der Waals surface area contributed by atoms with E-state index in [1.54, 1.807) is 13.8 Å². The zero-order chi connectivity index (χ0) is 17.1. The second kappa shape index (κ2) is 6.76. The molecule has 0 spiro atoms. The second-order valence-electron chi connectivity index (χ2n) is 5.21. The van der Waals surface area contributed by atoms with Crippen molar-refractivity contribution in [3.63, 3.8) is 0 Å². The van der Waals surface area contributed by atoms with Crippen molar-refractivity contribution in [2.24, 2.45) is 0 Å². The van der Waals surface area contributed by atoms with Crippen molar-refractivity contribution in [2.45, 2.75) is 30.5 Å². The fraction of sp³-hybridized carbons (Fsp3) is 0.462. The highest BCUT2D eigenvalue weighted by atomic mass is 32.2. The summed E-state index contributed by atoms with van der Waals surface area (Å²) in [4.78, 5) is 10.8. The molecule has 0 aliphatic heterocycles. The molecule has 1 N–H and O–H groups in total. The number of hydrogen-bond donors (Lipinski definition) is 1. The Labute approximate surface area is 130 Å². The van der Waals surface area contributed by atoms with E-state index >= 15 is 0 Å². The highest BCUT2D eigenvalue weighted by molar-refractivity contribution is 7.90. The molecule has 0 atom stereocenters. The predicted molar refractivity (Wildman–Crippen MR) is 81.7 cm³/mol. The number of sulfonamides is 1. The quantitative estimate of drug-likeness (QED) is 0.777. The summed E-state index contributed by atoms with van der Waals surface area (Å²) in [5.74, 6) is -1.70. The van der Waals surface area contributed by atoms with Crippen molar-refractivity contribution >= 4 is 25.8 Å². The SMILES string of the molecule is CC(C)N(CC(=O)O)S(=O)(=O)Cc1cccc(S(C)(=O)=O)c1. The Balaban J connectivity index is 3.13. The first-order valence-corrected chi connectivity index (χ1v) is 9.94. The Morgan fingerprint density at radius 1 is 1.23 bits per heavy atom. The van der Waals surface area contributed by atoms with Crippen LogP contribution in [-0.2, 0) is 30.4 Å². The molecule has 22 heavy (non-hydrogen) atoms. The predicted octanol–water partition coefficient (Wildman–Crippen LogP) is 0.715. The summed E-state index contributed by atoms with van der Waals surface area (Å²) in [6.45, 7) is 2.52. The van der Waals surface area contributed by atoms with Crippen LogP contribution in [0.2, 0.25) is 0 Å². The number of carboxylic acids is 1. The molecule has 9 heteroatoms. The number of rotatable bonds is 7. The summed E-state index contributed by atoms with van der Waals surface area (Å²) in [6, 6.07) is 5.10. The van der Waals surface area contributed by atoms with Crippen LogP contribution in [0.15, 0.2) is 29.2 Å². The molecule has 7 nitrogen and oxygen atoms in total. The molecule has 0 aliphatic rings. The lowest BCUT2D eigenvalue weighted by atomic mass is 10.2. The minimum atomic E-state index is -3.87. The molecular weight excluding hydrogens is 330 g/mol. The first kappa shape index (κ1) is 18.6. The highest BCUT2D eigenvalue weighted by Gasteiger charge is 2.27. The number of hydrogen-bond acceptors (Lipinski definition) is 5. The Morgan fingerprint density at radius 3 is 2.27 bits per heavy atom. The summed E-state index contributed by atoms with van der Waals surface area (Å²) in [7, 11) is -7.31. The van der Waals surface area contributed by atoms with E-state index < -0.39 is 44.2 Å². The van der Waals surface area contributed by atoms with Gasteiger partial charge in [-0.05, 0) is 31.5 Å². The first-order valence-electron chi connectivity index (χ1n) is 6.44. The summed E-state index contributed by atoms with van der Waals surface area (Å²) < 4.78 is 48.6. The Kier molecular flexibility index (Phi) is 5.71. The van der Waals surface area contributed by atoms with Crippen LogP contribution in [0.4, 0.5) is 0 Å². The van der Waals surface area contributed by atoms with Gasteiger partial charge in [-0.15, -0.1) is 0 Å². The summed E-state index contributed by atoms with van der Waals surface area (Å²) in [5.41, 5.74) is 0.291. The number of nitrogens with zero attached hydrogens (tertiary/aromatic N) is 1. The van der Waals surface area contributed by atoms with Crippen LogP contribution in [0.3, 0.4) is 0 Å². The second-order valence-corrected chi connectivity index (χ2v) is 9.15. The average Bonchev–Trinajstić information content (AvgIpc) is 2.34. The van der Waals surface area contributed by atoms with E-state index in [0.29, 0.717) is 5.56 Å².